The van der Waals surface area contributed by atoms with Crippen LogP contribution in [0.3, 0.4) is 0 Å². The van der Waals surface area contributed by atoms with E-state index in [1.807, 2.05) is 6.92 Å². The summed E-state index contributed by atoms with van der Waals surface area (Å²) in [6.07, 6.45) is 2.40. The molecule has 7 heteroatoms. The van der Waals surface area contributed by atoms with E-state index in [1.54, 1.807) is 11.3 Å². The predicted molar refractivity (Wildman–Crippen MR) is 80.6 cm³/mol. The highest BCUT2D eigenvalue weighted by Crippen LogP contribution is 2.38. The number of anilines is 1. The van der Waals surface area contributed by atoms with Crippen LogP contribution in [0.4, 0.5) is 5.13 Å². The van der Waals surface area contributed by atoms with Crippen LogP contribution in [0.15, 0.2) is 9.90 Å². The van der Waals surface area contributed by atoms with Gasteiger partial charge in [0.25, 0.3) is 0 Å². The molecule has 0 radical (unpaired) electrons. The number of aryl methyl sites for hydroxylation is 1. The van der Waals surface area contributed by atoms with Crippen molar-refractivity contribution < 1.29 is 4.52 Å². The van der Waals surface area contributed by atoms with Gasteiger partial charge in [0.2, 0.25) is 5.89 Å². The Kier molecular flexibility index (Phi) is 3.39. The monoisotopic (exact) mass is 305 g/mol. The molecular weight excluding hydrogens is 286 g/mol. The SMILES string of the molecule is Cc1csc(N2CCN(Cc3noc(C4CC4)n3)CC2)n1. The summed E-state index contributed by atoms with van der Waals surface area (Å²) in [5.41, 5.74) is 1.11. The molecule has 3 heterocycles. The van der Waals surface area contributed by atoms with Crippen molar-refractivity contribution in [3.05, 3.63) is 22.8 Å². The van der Waals surface area contributed by atoms with Gasteiger partial charge in [-0.2, -0.15) is 4.98 Å². The van der Waals surface area contributed by atoms with Crippen molar-refractivity contribution in [2.24, 2.45) is 0 Å². The molecule has 0 N–H and O–H groups in total. The third-order valence-corrected chi connectivity index (χ3v) is 5.04. The molecule has 0 bridgehead atoms. The molecule has 4 rings (SSSR count). The topological polar surface area (TPSA) is 58.3 Å². The van der Waals surface area contributed by atoms with E-state index in [0.717, 1.165) is 55.3 Å². The zero-order chi connectivity index (χ0) is 14.2. The molecule has 2 aliphatic rings. The smallest absolute Gasteiger partial charge is 0.229 e. The van der Waals surface area contributed by atoms with Gasteiger partial charge < -0.3 is 9.42 Å². The van der Waals surface area contributed by atoms with Gasteiger partial charge >= 0.3 is 0 Å². The van der Waals surface area contributed by atoms with E-state index in [1.165, 1.54) is 12.8 Å². The number of hydrogen-bond donors (Lipinski definition) is 0. The lowest BCUT2D eigenvalue weighted by Crippen LogP contribution is -2.46. The maximum atomic E-state index is 5.32. The first kappa shape index (κ1) is 13.2. The van der Waals surface area contributed by atoms with Gasteiger partial charge in [-0.05, 0) is 19.8 Å². The Hall–Kier alpha value is -1.47. The average Bonchev–Trinajstić information content (AvgIpc) is 3.09. The molecule has 6 nitrogen and oxygen atoms in total. The Labute approximate surface area is 127 Å². The second-order valence-electron chi connectivity index (χ2n) is 5.86. The van der Waals surface area contributed by atoms with E-state index in [9.17, 15) is 0 Å². The predicted octanol–water partition coefficient (Wildman–Crippen LogP) is 2.03. The van der Waals surface area contributed by atoms with E-state index < -0.39 is 0 Å². The van der Waals surface area contributed by atoms with Gasteiger partial charge in [-0.25, -0.2) is 4.98 Å². The summed E-state index contributed by atoms with van der Waals surface area (Å²) in [5, 5.41) is 7.35. The second-order valence-corrected chi connectivity index (χ2v) is 6.69. The minimum absolute atomic E-state index is 0.538. The van der Waals surface area contributed by atoms with Crippen LogP contribution >= 0.6 is 11.3 Å². The van der Waals surface area contributed by atoms with E-state index >= 15 is 0 Å². The summed E-state index contributed by atoms with van der Waals surface area (Å²) in [5.74, 6) is 2.20. The van der Waals surface area contributed by atoms with Crippen molar-refractivity contribution in [3.8, 4) is 0 Å². The Morgan fingerprint density at radius 2 is 2.05 bits per heavy atom. The van der Waals surface area contributed by atoms with Crippen LogP contribution in [-0.2, 0) is 6.54 Å². The fourth-order valence-corrected chi connectivity index (χ4v) is 3.47. The third kappa shape index (κ3) is 2.94. The average molecular weight is 305 g/mol. The van der Waals surface area contributed by atoms with Crippen molar-refractivity contribution in [2.75, 3.05) is 31.1 Å². The summed E-state index contributed by atoms with van der Waals surface area (Å²) in [6.45, 7) is 6.91. The van der Waals surface area contributed by atoms with Crippen molar-refractivity contribution in [1.29, 1.82) is 0 Å². The van der Waals surface area contributed by atoms with E-state index in [0.29, 0.717) is 5.92 Å². The molecule has 0 spiro atoms. The molecule has 0 amide bonds. The molecule has 0 atom stereocenters. The quantitative estimate of drug-likeness (QED) is 0.861. The van der Waals surface area contributed by atoms with Crippen LogP contribution in [0.2, 0.25) is 0 Å². The number of hydrogen-bond acceptors (Lipinski definition) is 7. The van der Waals surface area contributed by atoms with Crippen LogP contribution in [0.25, 0.3) is 0 Å². The molecule has 21 heavy (non-hydrogen) atoms. The Morgan fingerprint density at radius 3 is 2.71 bits per heavy atom. The number of piperazine rings is 1. The fourth-order valence-electron chi connectivity index (χ4n) is 2.61. The zero-order valence-corrected chi connectivity index (χ0v) is 13.0. The number of thiazole rings is 1. The van der Waals surface area contributed by atoms with Gasteiger partial charge in [-0.1, -0.05) is 5.16 Å². The van der Waals surface area contributed by atoms with E-state index in [2.05, 4.69) is 30.3 Å². The summed E-state index contributed by atoms with van der Waals surface area (Å²) in [4.78, 5) is 13.8. The van der Waals surface area contributed by atoms with Crippen LogP contribution in [0, 0.1) is 6.92 Å². The van der Waals surface area contributed by atoms with Gasteiger partial charge in [0.1, 0.15) is 0 Å². The molecule has 112 valence electrons. The molecule has 2 aromatic heterocycles. The van der Waals surface area contributed by atoms with Gasteiger partial charge in [0.15, 0.2) is 11.0 Å². The standard InChI is InChI=1S/C14H19N5OS/c1-10-9-21-14(15-10)19-6-4-18(5-7-19)8-12-16-13(20-17-12)11-2-3-11/h9,11H,2-8H2,1H3. The Balaban J connectivity index is 1.32. The highest BCUT2D eigenvalue weighted by Gasteiger charge is 2.30. The third-order valence-electron chi connectivity index (χ3n) is 4.03. The van der Waals surface area contributed by atoms with Crippen molar-refractivity contribution in [3.63, 3.8) is 0 Å². The lowest BCUT2D eigenvalue weighted by atomic mass is 10.3. The minimum atomic E-state index is 0.538. The number of aromatic nitrogens is 3. The lowest BCUT2D eigenvalue weighted by molar-refractivity contribution is 0.240. The number of rotatable bonds is 4. The van der Waals surface area contributed by atoms with E-state index in [4.69, 9.17) is 4.52 Å². The van der Waals surface area contributed by atoms with Gasteiger partial charge in [0.05, 0.1) is 12.2 Å². The molecule has 0 unspecified atom stereocenters. The first-order chi connectivity index (χ1) is 10.3. The van der Waals surface area contributed by atoms with Crippen LogP contribution < -0.4 is 4.90 Å². The molecule has 2 aromatic rings. The fraction of sp³-hybridized carbons (Fsp3) is 0.643. The van der Waals surface area contributed by atoms with Crippen LogP contribution in [-0.4, -0.2) is 46.2 Å². The molecule has 1 aliphatic heterocycles. The summed E-state index contributed by atoms with van der Waals surface area (Å²) < 4.78 is 5.32. The normalized spacial score (nSPS) is 20.1. The minimum Gasteiger partial charge on any atom is -0.346 e. The molecule has 1 saturated heterocycles. The second kappa shape index (κ2) is 5.38. The highest BCUT2D eigenvalue weighted by atomic mass is 32.1. The van der Waals surface area contributed by atoms with Gasteiger partial charge in [-0.15, -0.1) is 11.3 Å². The Morgan fingerprint density at radius 1 is 1.24 bits per heavy atom. The maximum absolute atomic E-state index is 5.32. The van der Waals surface area contributed by atoms with Crippen LogP contribution in [0.1, 0.15) is 36.2 Å². The summed E-state index contributed by atoms with van der Waals surface area (Å²) >= 11 is 1.73. The summed E-state index contributed by atoms with van der Waals surface area (Å²) in [7, 11) is 0. The largest absolute Gasteiger partial charge is 0.346 e. The first-order valence-corrected chi connectivity index (χ1v) is 8.38. The maximum Gasteiger partial charge on any atom is 0.229 e. The molecule has 0 aromatic carbocycles. The molecular formula is C14H19N5OS. The van der Waals surface area contributed by atoms with Gasteiger partial charge in [-0.3, -0.25) is 4.90 Å². The van der Waals surface area contributed by atoms with Crippen molar-refractivity contribution in [2.45, 2.75) is 32.2 Å². The van der Waals surface area contributed by atoms with Crippen molar-refractivity contribution in [1.82, 2.24) is 20.0 Å². The van der Waals surface area contributed by atoms with E-state index in [-0.39, 0.29) is 0 Å². The van der Waals surface area contributed by atoms with Gasteiger partial charge in [0, 0.05) is 37.5 Å². The first-order valence-electron chi connectivity index (χ1n) is 7.50. The van der Waals surface area contributed by atoms with Crippen molar-refractivity contribution >= 4 is 16.5 Å². The zero-order valence-electron chi connectivity index (χ0n) is 12.2. The molecule has 1 saturated carbocycles. The lowest BCUT2D eigenvalue weighted by Gasteiger charge is -2.33. The Bertz CT molecular complexity index is 612. The highest BCUT2D eigenvalue weighted by molar-refractivity contribution is 7.13. The van der Waals surface area contributed by atoms with Crippen LogP contribution in [0.5, 0.6) is 0 Å². The molecule has 2 fully saturated rings. The molecule has 1 aliphatic carbocycles. The summed E-state index contributed by atoms with van der Waals surface area (Å²) in [6, 6.07) is 0. The number of nitrogens with zero attached hydrogens (tertiary/aromatic N) is 5.